The Labute approximate surface area is 210 Å². The number of thioether (sulfide) groups is 1. The summed E-state index contributed by atoms with van der Waals surface area (Å²) in [7, 11) is 1.35. The molecule has 180 valence electrons. The Morgan fingerprint density at radius 1 is 1.18 bits per heavy atom. The van der Waals surface area contributed by atoms with Crippen molar-refractivity contribution < 1.29 is 14.3 Å². The van der Waals surface area contributed by atoms with Crippen LogP contribution in [-0.2, 0) is 22.4 Å². The molecule has 1 aliphatic heterocycles. The molecule has 1 aromatic heterocycles. The third kappa shape index (κ3) is 5.41. The zero-order chi connectivity index (χ0) is 24.1. The van der Waals surface area contributed by atoms with Crippen molar-refractivity contribution in [2.24, 2.45) is 0 Å². The zero-order valence-electron chi connectivity index (χ0n) is 19.6. The summed E-state index contributed by atoms with van der Waals surface area (Å²) in [5.74, 6) is 0.366. The van der Waals surface area contributed by atoms with Crippen LogP contribution in [0, 0.1) is 0 Å². The summed E-state index contributed by atoms with van der Waals surface area (Å²) in [5.41, 5.74) is 7.21. The van der Waals surface area contributed by atoms with Crippen LogP contribution in [-0.4, -0.2) is 60.1 Å². The Kier molecular flexibility index (Phi) is 8.16. The number of amides is 2. The first-order valence-electron chi connectivity index (χ1n) is 11.6. The molecule has 0 spiro atoms. The number of carbonyl (C=O) groups is 2. The summed E-state index contributed by atoms with van der Waals surface area (Å²) >= 11 is 7.95. The summed E-state index contributed by atoms with van der Waals surface area (Å²) in [4.78, 5) is 31.6. The van der Waals surface area contributed by atoms with Crippen LogP contribution in [0.4, 0.5) is 4.79 Å². The third-order valence-electron chi connectivity index (χ3n) is 6.53. The van der Waals surface area contributed by atoms with Crippen molar-refractivity contribution in [2.45, 2.75) is 38.1 Å². The smallest absolute Gasteiger partial charge is 0.328 e. The summed E-state index contributed by atoms with van der Waals surface area (Å²) in [6.45, 7) is 1.18. The van der Waals surface area contributed by atoms with E-state index in [-0.39, 0.29) is 6.03 Å². The number of nitrogens with zero attached hydrogens (tertiary/aromatic N) is 2. The molecular weight excluding hydrogens is 470 g/mol. The van der Waals surface area contributed by atoms with Crippen LogP contribution in [0.25, 0.3) is 5.57 Å². The second-order valence-electron chi connectivity index (χ2n) is 8.58. The minimum absolute atomic E-state index is 0.216. The highest BCUT2D eigenvalue weighted by atomic mass is 35.5. The number of piperidine rings is 1. The number of halogens is 1. The molecule has 1 aliphatic carbocycles. The minimum Gasteiger partial charge on any atom is -0.467 e. The predicted octanol–water partition coefficient (Wildman–Crippen LogP) is 4.74. The van der Waals surface area contributed by atoms with Crippen LogP contribution < -0.4 is 5.32 Å². The fourth-order valence-corrected chi connectivity index (χ4v) is 5.40. The van der Waals surface area contributed by atoms with Crippen molar-refractivity contribution >= 4 is 40.9 Å². The van der Waals surface area contributed by atoms with Gasteiger partial charge in [0.15, 0.2) is 0 Å². The number of rotatable bonds is 5. The number of methoxy groups -OCH3 is 1. The molecule has 0 saturated carbocycles. The first kappa shape index (κ1) is 24.6. The number of nitrogens with one attached hydrogen (secondary N) is 1. The molecule has 0 bridgehead atoms. The molecule has 1 atom stereocenters. The number of esters is 1. The molecule has 0 unspecified atom stereocenters. The second-order valence-corrected chi connectivity index (χ2v) is 10.0. The Morgan fingerprint density at radius 2 is 1.94 bits per heavy atom. The lowest BCUT2D eigenvalue weighted by Crippen LogP contribution is -2.50. The molecule has 1 saturated heterocycles. The van der Waals surface area contributed by atoms with Gasteiger partial charge in [0, 0.05) is 29.9 Å². The molecule has 2 heterocycles. The summed E-state index contributed by atoms with van der Waals surface area (Å²) in [6, 6.07) is 9.42. The quantitative estimate of drug-likeness (QED) is 0.602. The third-order valence-corrected chi connectivity index (χ3v) is 7.41. The molecule has 8 heteroatoms. The summed E-state index contributed by atoms with van der Waals surface area (Å²) in [6.07, 6.45) is 7.73. The largest absolute Gasteiger partial charge is 0.467 e. The maximum atomic E-state index is 12.9. The maximum Gasteiger partial charge on any atom is 0.328 e. The number of benzene rings is 1. The standard InChI is InChI=1S/C26H30ClN3O3S/c1-33-25(31)22(11-15-34-2)29-26(32)30-13-9-17(10-14-30)23-21-8-7-20(27)16-19(21)6-5-18-4-3-12-28-24(18)23/h3-4,7-8,12,16,22H,5-6,9-11,13-15H2,1-2H3,(H,29,32)/t22-/m0/s1. The van der Waals surface area contributed by atoms with E-state index < -0.39 is 12.0 Å². The highest BCUT2D eigenvalue weighted by molar-refractivity contribution is 7.98. The normalized spacial score (nSPS) is 16.3. The van der Waals surface area contributed by atoms with E-state index in [0.29, 0.717) is 19.5 Å². The van der Waals surface area contributed by atoms with Gasteiger partial charge in [0.2, 0.25) is 0 Å². The Balaban J connectivity index is 1.56. The molecule has 34 heavy (non-hydrogen) atoms. The number of carbonyl (C=O) groups excluding carboxylic acids is 2. The van der Waals surface area contributed by atoms with E-state index in [9.17, 15) is 9.59 Å². The van der Waals surface area contributed by atoms with Gasteiger partial charge in [-0.15, -0.1) is 0 Å². The first-order valence-corrected chi connectivity index (χ1v) is 13.4. The molecule has 0 radical (unpaired) electrons. The number of urea groups is 1. The highest BCUT2D eigenvalue weighted by Crippen LogP contribution is 2.38. The number of ether oxygens (including phenoxy) is 1. The molecule has 2 amide bonds. The average molecular weight is 500 g/mol. The molecular formula is C26H30ClN3O3S. The van der Waals surface area contributed by atoms with Crippen LogP contribution in [0.15, 0.2) is 42.1 Å². The van der Waals surface area contributed by atoms with Crippen molar-refractivity contribution in [2.75, 3.05) is 32.2 Å². The zero-order valence-corrected chi connectivity index (χ0v) is 21.2. The van der Waals surface area contributed by atoms with Crippen LogP contribution >= 0.6 is 23.4 Å². The number of aryl methyl sites for hydroxylation is 2. The van der Waals surface area contributed by atoms with Crippen LogP contribution in [0.5, 0.6) is 0 Å². The van der Waals surface area contributed by atoms with E-state index in [2.05, 4.69) is 23.5 Å². The van der Waals surface area contributed by atoms with E-state index >= 15 is 0 Å². The molecule has 1 aromatic carbocycles. The average Bonchev–Trinajstić information content (AvgIpc) is 3.02. The molecule has 4 rings (SSSR count). The molecule has 6 nitrogen and oxygen atoms in total. The number of fused-ring (bicyclic) bond motifs is 2. The number of pyridine rings is 1. The summed E-state index contributed by atoms with van der Waals surface area (Å²) in [5, 5.41) is 3.62. The fourth-order valence-electron chi connectivity index (χ4n) is 4.73. The van der Waals surface area contributed by atoms with Crippen molar-refractivity contribution in [3.63, 3.8) is 0 Å². The van der Waals surface area contributed by atoms with Crippen LogP contribution in [0.1, 0.15) is 41.6 Å². The van der Waals surface area contributed by atoms with E-state index in [1.54, 1.807) is 16.7 Å². The maximum absolute atomic E-state index is 12.9. The van der Waals surface area contributed by atoms with Crippen molar-refractivity contribution in [1.29, 1.82) is 0 Å². The lowest BCUT2D eigenvalue weighted by molar-refractivity contribution is -0.142. The molecule has 1 fully saturated rings. The Hall–Kier alpha value is -2.51. The van der Waals surface area contributed by atoms with Crippen LogP contribution in [0.2, 0.25) is 5.02 Å². The van der Waals surface area contributed by atoms with E-state index in [0.717, 1.165) is 42.2 Å². The van der Waals surface area contributed by atoms with Gasteiger partial charge in [0.1, 0.15) is 6.04 Å². The van der Waals surface area contributed by atoms with E-state index in [1.165, 1.54) is 34.9 Å². The minimum atomic E-state index is -0.626. The topological polar surface area (TPSA) is 71.5 Å². The second kappa shape index (κ2) is 11.3. The van der Waals surface area contributed by atoms with Gasteiger partial charge in [0.25, 0.3) is 0 Å². The number of hydrogen-bond donors (Lipinski definition) is 1. The number of hydrogen-bond acceptors (Lipinski definition) is 5. The van der Waals surface area contributed by atoms with Gasteiger partial charge in [-0.2, -0.15) is 11.8 Å². The van der Waals surface area contributed by atoms with Gasteiger partial charge in [0.05, 0.1) is 12.8 Å². The predicted molar refractivity (Wildman–Crippen MR) is 137 cm³/mol. The lowest BCUT2D eigenvalue weighted by Gasteiger charge is -2.31. The SMILES string of the molecule is COC(=O)[C@H](CCSC)NC(=O)N1CCC(=C2c3ccc(Cl)cc3CCc3cccnc32)CC1. The Bertz CT molecular complexity index is 1090. The van der Waals surface area contributed by atoms with Gasteiger partial charge < -0.3 is 15.0 Å². The van der Waals surface area contributed by atoms with Crippen molar-refractivity contribution in [3.05, 3.63) is 69.5 Å². The first-order chi connectivity index (χ1) is 16.5. The number of aromatic nitrogens is 1. The van der Waals surface area contributed by atoms with Gasteiger partial charge in [-0.3, -0.25) is 4.98 Å². The Morgan fingerprint density at radius 3 is 2.68 bits per heavy atom. The van der Waals surface area contributed by atoms with Crippen molar-refractivity contribution in [1.82, 2.24) is 15.2 Å². The van der Waals surface area contributed by atoms with Gasteiger partial charge in [-0.25, -0.2) is 9.59 Å². The summed E-state index contributed by atoms with van der Waals surface area (Å²) < 4.78 is 4.88. The van der Waals surface area contributed by atoms with Gasteiger partial charge in [-0.05, 0) is 79.0 Å². The molecule has 1 N–H and O–H groups in total. The fraction of sp³-hybridized carbons (Fsp3) is 0.423. The van der Waals surface area contributed by atoms with Gasteiger partial charge in [-0.1, -0.05) is 29.3 Å². The van der Waals surface area contributed by atoms with Gasteiger partial charge >= 0.3 is 12.0 Å². The number of likely N-dealkylation sites (tertiary alicyclic amines) is 1. The van der Waals surface area contributed by atoms with E-state index in [4.69, 9.17) is 21.3 Å². The highest BCUT2D eigenvalue weighted by Gasteiger charge is 2.28. The van der Waals surface area contributed by atoms with E-state index in [1.807, 2.05) is 24.6 Å². The van der Waals surface area contributed by atoms with Crippen LogP contribution in [0.3, 0.4) is 0 Å². The lowest BCUT2D eigenvalue weighted by atomic mass is 9.88. The molecule has 2 aromatic rings. The monoisotopic (exact) mass is 499 g/mol. The molecule has 2 aliphatic rings. The van der Waals surface area contributed by atoms with Crippen molar-refractivity contribution in [3.8, 4) is 0 Å².